The van der Waals surface area contributed by atoms with Gasteiger partial charge in [0.1, 0.15) is 6.04 Å². The minimum atomic E-state index is -0.737. The van der Waals surface area contributed by atoms with Crippen molar-refractivity contribution >= 4 is 29.9 Å². The molecule has 0 spiro atoms. The minimum Gasteiger partial charge on any atom is -0.351 e. The molecule has 0 fully saturated rings. The molecule has 2 amide bonds. The zero-order chi connectivity index (χ0) is 17.5. The van der Waals surface area contributed by atoms with Gasteiger partial charge in [0.05, 0.1) is 4.92 Å². The van der Waals surface area contributed by atoms with Crippen LogP contribution in [0.3, 0.4) is 0 Å². The molecule has 0 saturated heterocycles. The summed E-state index contributed by atoms with van der Waals surface area (Å²) in [5.74, 6) is -0.823. The zero-order valence-electron chi connectivity index (χ0n) is 13.8. The number of halogens is 1. The van der Waals surface area contributed by atoms with Crippen LogP contribution < -0.4 is 16.0 Å². The Morgan fingerprint density at radius 2 is 2.16 bits per heavy atom. The lowest BCUT2D eigenvalue weighted by molar-refractivity contribution is -0.384. The monoisotopic (exact) mass is 368 g/mol. The van der Waals surface area contributed by atoms with Crippen LogP contribution >= 0.6 is 12.4 Å². The van der Waals surface area contributed by atoms with Crippen molar-refractivity contribution in [3.8, 4) is 0 Å². The Labute approximate surface area is 151 Å². The van der Waals surface area contributed by atoms with Gasteiger partial charge in [-0.2, -0.15) is 0 Å². The second kappa shape index (κ2) is 9.75. The van der Waals surface area contributed by atoms with E-state index in [0.29, 0.717) is 6.54 Å². The standard InChI is InChI=1S/C16H20N4O4.ClH/c1-11(15(21)18-10-12-5-7-17-8-6-12)19-16(22)13-3-2-4-14(9-13)20(23)24;/h2-5,9,11,17H,6-8,10H2,1H3,(H,18,21)(H,19,22);1H. The molecule has 1 unspecified atom stereocenters. The van der Waals surface area contributed by atoms with Crippen molar-refractivity contribution in [2.24, 2.45) is 0 Å². The van der Waals surface area contributed by atoms with Gasteiger partial charge < -0.3 is 16.0 Å². The molecule has 1 aliphatic heterocycles. The molecule has 0 aromatic heterocycles. The normalized spacial score (nSPS) is 14.5. The number of non-ortho nitro benzene ring substituents is 1. The van der Waals surface area contributed by atoms with E-state index in [2.05, 4.69) is 16.0 Å². The van der Waals surface area contributed by atoms with Gasteiger partial charge in [-0.3, -0.25) is 19.7 Å². The number of nitro groups is 1. The summed E-state index contributed by atoms with van der Waals surface area (Å²) in [5, 5.41) is 19.3. The molecule has 1 aliphatic rings. The van der Waals surface area contributed by atoms with Crippen molar-refractivity contribution < 1.29 is 14.5 Å². The van der Waals surface area contributed by atoms with Crippen LogP contribution in [0.2, 0.25) is 0 Å². The van der Waals surface area contributed by atoms with Gasteiger partial charge in [-0.15, -0.1) is 12.4 Å². The molecular weight excluding hydrogens is 348 g/mol. The summed E-state index contributed by atoms with van der Waals surface area (Å²) < 4.78 is 0. The molecule has 2 rings (SSSR count). The Morgan fingerprint density at radius 1 is 1.40 bits per heavy atom. The molecule has 8 nitrogen and oxygen atoms in total. The fourth-order valence-electron chi connectivity index (χ4n) is 2.29. The fraction of sp³-hybridized carbons (Fsp3) is 0.375. The van der Waals surface area contributed by atoms with E-state index in [9.17, 15) is 19.7 Å². The average Bonchev–Trinajstić information content (AvgIpc) is 2.60. The van der Waals surface area contributed by atoms with E-state index in [4.69, 9.17) is 0 Å². The molecule has 3 N–H and O–H groups in total. The maximum Gasteiger partial charge on any atom is 0.270 e. The van der Waals surface area contributed by atoms with Crippen LogP contribution in [-0.4, -0.2) is 42.4 Å². The van der Waals surface area contributed by atoms with Gasteiger partial charge in [-0.25, -0.2) is 0 Å². The van der Waals surface area contributed by atoms with Gasteiger partial charge in [0.25, 0.3) is 11.6 Å². The number of hydrogen-bond acceptors (Lipinski definition) is 5. The third-order valence-electron chi connectivity index (χ3n) is 3.71. The first-order chi connectivity index (χ1) is 11.5. The summed E-state index contributed by atoms with van der Waals surface area (Å²) in [7, 11) is 0. The van der Waals surface area contributed by atoms with Gasteiger partial charge in [0, 0.05) is 30.8 Å². The number of benzene rings is 1. The smallest absolute Gasteiger partial charge is 0.270 e. The zero-order valence-corrected chi connectivity index (χ0v) is 14.6. The van der Waals surface area contributed by atoms with Gasteiger partial charge >= 0.3 is 0 Å². The van der Waals surface area contributed by atoms with E-state index in [-0.39, 0.29) is 29.6 Å². The third-order valence-corrected chi connectivity index (χ3v) is 3.71. The third kappa shape index (κ3) is 6.17. The highest BCUT2D eigenvalue weighted by molar-refractivity contribution is 5.97. The van der Waals surface area contributed by atoms with Crippen LogP contribution in [0.15, 0.2) is 35.9 Å². The highest BCUT2D eigenvalue weighted by atomic mass is 35.5. The highest BCUT2D eigenvalue weighted by Crippen LogP contribution is 2.13. The summed E-state index contributed by atoms with van der Waals surface area (Å²) >= 11 is 0. The highest BCUT2D eigenvalue weighted by Gasteiger charge is 2.18. The van der Waals surface area contributed by atoms with E-state index in [0.717, 1.165) is 25.1 Å². The Kier molecular flexibility index (Phi) is 8.03. The minimum absolute atomic E-state index is 0. The van der Waals surface area contributed by atoms with Crippen molar-refractivity contribution in [2.45, 2.75) is 19.4 Å². The van der Waals surface area contributed by atoms with Crippen LogP contribution in [0.5, 0.6) is 0 Å². The van der Waals surface area contributed by atoms with Gasteiger partial charge in [-0.1, -0.05) is 17.7 Å². The molecule has 1 atom stereocenters. The Hall–Kier alpha value is -2.45. The van der Waals surface area contributed by atoms with Crippen LogP contribution in [0, 0.1) is 10.1 Å². The van der Waals surface area contributed by atoms with E-state index in [1.165, 1.54) is 24.3 Å². The van der Waals surface area contributed by atoms with Crippen LogP contribution in [-0.2, 0) is 4.79 Å². The summed E-state index contributed by atoms with van der Waals surface area (Å²) in [6, 6.07) is 4.65. The number of hydrogen-bond donors (Lipinski definition) is 3. The first-order valence-corrected chi connectivity index (χ1v) is 7.69. The Balaban J connectivity index is 0.00000312. The molecule has 1 heterocycles. The van der Waals surface area contributed by atoms with E-state index in [1.807, 2.05) is 6.08 Å². The van der Waals surface area contributed by atoms with Gasteiger partial charge in [0.15, 0.2) is 0 Å². The number of nitrogens with one attached hydrogen (secondary N) is 3. The summed E-state index contributed by atoms with van der Waals surface area (Å²) in [6.45, 7) is 3.71. The lowest BCUT2D eigenvalue weighted by atomic mass is 10.1. The molecule has 0 aliphatic carbocycles. The first-order valence-electron chi connectivity index (χ1n) is 7.69. The Morgan fingerprint density at radius 3 is 2.80 bits per heavy atom. The SMILES string of the molecule is CC(NC(=O)c1cccc([N+](=O)[O-])c1)C(=O)NCC1=CCNCC1.Cl. The quantitative estimate of drug-likeness (QED) is 0.396. The van der Waals surface area contributed by atoms with Crippen molar-refractivity contribution in [1.82, 2.24) is 16.0 Å². The lowest BCUT2D eigenvalue weighted by Crippen LogP contribution is -2.45. The maximum absolute atomic E-state index is 12.1. The molecule has 9 heteroatoms. The van der Waals surface area contributed by atoms with Gasteiger partial charge in [-0.05, 0) is 26.0 Å². The van der Waals surface area contributed by atoms with E-state index in [1.54, 1.807) is 6.92 Å². The largest absolute Gasteiger partial charge is 0.351 e. The number of nitro benzene ring substituents is 1. The van der Waals surface area contributed by atoms with Crippen molar-refractivity contribution in [2.75, 3.05) is 19.6 Å². The number of carbonyl (C=O) groups is 2. The summed E-state index contributed by atoms with van der Waals surface area (Å²) in [4.78, 5) is 34.3. The number of nitrogens with zero attached hydrogens (tertiary/aromatic N) is 1. The topological polar surface area (TPSA) is 113 Å². The van der Waals surface area contributed by atoms with Crippen LogP contribution in [0.4, 0.5) is 5.69 Å². The number of rotatable bonds is 6. The van der Waals surface area contributed by atoms with E-state index < -0.39 is 16.9 Å². The second-order valence-corrected chi connectivity index (χ2v) is 5.54. The molecule has 25 heavy (non-hydrogen) atoms. The fourth-order valence-corrected chi connectivity index (χ4v) is 2.29. The average molecular weight is 369 g/mol. The number of amides is 2. The van der Waals surface area contributed by atoms with Crippen LogP contribution in [0.1, 0.15) is 23.7 Å². The van der Waals surface area contributed by atoms with Gasteiger partial charge in [0.2, 0.25) is 5.91 Å². The molecule has 0 bridgehead atoms. The summed E-state index contributed by atoms with van der Waals surface area (Å²) in [6.07, 6.45) is 2.92. The molecule has 136 valence electrons. The lowest BCUT2D eigenvalue weighted by Gasteiger charge is -2.17. The molecule has 0 saturated carbocycles. The van der Waals surface area contributed by atoms with Crippen LogP contribution in [0.25, 0.3) is 0 Å². The predicted molar refractivity (Wildman–Crippen MR) is 95.9 cm³/mol. The molecular formula is C16H21ClN4O4. The van der Waals surface area contributed by atoms with Crippen molar-refractivity contribution in [1.29, 1.82) is 0 Å². The van der Waals surface area contributed by atoms with Crippen molar-refractivity contribution in [3.63, 3.8) is 0 Å². The molecule has 1 aromatic rings. The maximum atomic E-state index is 12.1. The predicted octanol–water partition coefficient (Wildman–Crippen LogP) is 1.17. The molecule has 0 radical (unpaired) electrons. The van der Waals surface area contributed by atoms with Crippen molar-refractivity contribution in [3.05, 3.63) is 51.6 Å². The number of carbonyl (C=O) groups excluding carboxylic acids is 2. The van der Waals surface area contributed by atoms with E-state index >= 15 is 0 Å². The first kappa shape index (κ1) is 20.6. The Bertz CT molecular complexity index is 678. The second-order valence-electron chi connectivity index (χ2n) is 5.54. The molecule has 1 aromatic carbocycles. The summed E-state index contributed by atoms with van der Waals surface area (Å²) in [5.41, 5.74) is 1.13.